The molecule has 0 saturated heterocycles. The number of nitrogens with one attached hydrogen (secondary N) is 1. The number of benzene rings is 2. The highest BCUT2D eigenvalue weighted by Gasteiger charge is 2.29. The van der Waals surface area contributed by atoms with Crippen LogP contribution in [0.5, 0.6) is 5.88 Å². The third-order valence-electron chi connectivity index (χ3n) is 11.4. The predicted octanol–water partition coefficient (Wildman–Crippen LogP) is 11.1. The molecule has 0 unspecified atom stereocenters. The second kappa shape index (κ2) is 23.5. The summed E-state index contributed by atoms with van der Waals surface area (Å²) in [4.78, 5) is 48.4. The monoisotopic (exact) mass is 745 g/mol. The lowest BCUT2D eigenvalue weighted by atomic mass is 9.89. The molecule has 2 aromatic rings. The third kappa shape index (κ3) is 11.3. The van der Waals surface area contributed by atoms with Crippen LogP contribution >= 0.6 is 0 Å². The Balaban J connectivity index is 1.88. The van der Waals surface area contributed by atoms with Crippen LogP contribution < -0.4 is 27.4 Å². The van der Waals surface area contributed by atoms with Crippen molar-refractivity contribution in [3.05, 3.63) is 48.6 Å². The minimum atomic E-state index is -0.330. The Morgan fingerprint density at radius 2 is 1.02 bits per heavy atom. The van der Waals surface area contributed by atoms with Gasteiger partial charge in [0.25, 0.3) is 16.7 Å². The molecule has 0 radical (unpaired) electrons. The topological polar surface area (TPSA) is 106 Å². The van der Waals surface area contributed by atoms with E-state index >= 15 is 0 Å². The molecular weight excluding hydrogens is 673 g/mol. The zero-order valence-corrected chi connectivity index (χ0v) is 34.5. The van der Waals surface area contributed by atoms with Gasteiger partial charge in [-0.1, -0.05) is 156 Å². The second-order valence-electron chi connectivity index (χ2n) is 15.8. The summed E-state index contributed by atoms with van der Waals surface area (Å²) in [7, 11) is 0. The Bertz CT molecular complexity index is 1890. The summed E-state index contributed by atoms with van der Waals surface area (Å²) in [5, 5.41) is 17.8. The molecule has 1 aromatic carbocycles. The zero-order chi connectivity index (χ0) is 38.7. The van der Waals surface area contributed by atoms with Crippen molar-refractivity contribution in [2.24, 2.45) is 4.99 Å². The number of nitrogens with zero attached hydrogens (tertiary/aromatic N) is 3. The second-order valence-corrected chi connectivity index (χ2v) is 15.8. The van der Waals surface area contributed by atoms with E-state index in [4.69, 9.17) is 4.99 Å². The van der Waals surface area contributed by atoms with E-state index in [1.807, 2.05) is 6.07 Å². The molecule has 0 atom stereocenters. The van der Waals surface area contributed by atoms with Crippen LogP contribution in [-0.2, 0) is 13.1 Å². The summed E-state index contributed by atoms with van der Waals surface area (Å²) in [6, 6.07) is 3.65. The number of unbranched alkanes of at least 4 members (excludes halogenated alkanes) is 20. The minimum absolute atomic E-state index is 0.0938. The SMILES string of the molecule is CCCCCCCCN=c1cc2c(=O)n(CCCCCCCC)c(=O)c3c(NCCCCCCCC)cc4c(O)n(CCCCCCCC)c(=O)c1c4c3-2. The standard InChI is InChI=1S/C46H72N4O4/c1-5-9-13-17-21-25-29-47-37-33-35-40-39-36(44(52)49(45(53)41(37)39)31-27-23-19-15-11-7-3)34-38(48-30-26-22-18-14-10-6-2)42(40)46(54)50(43(35)51)32-28-24-20-16-12-8-4/h33-34,47,51H,5-32H2,1-4H3. The van der Waals surface area contributed by atoms with Gasteiger partial charge in [0, 0.05) is 48.2 Å². The van der Waals surface area contributed by atoms with Crippen LogP contribution in [0.2, 0.25) is 0 Å². The number of rotatable bonds is 29. The first kappa shape index (κ1) is 43.3. The van der Waals surface area contributed by atoms with Crippen LogP contribution in [-0.4, -0.2) is 27.3 Å². The minimum Gasteiger partial charge on any atom is -0.494 e. The summed E-state index contributed by atoms with van der Waals surface area (Å²) < 4.78 is 2.93. The van der Waals surface area contributed by atoms with Crippen molar-refractivity contribution in [1.29, 1.82) is 0 Å². The van der Waals surface area contributed by atoms with Crippen molar-refractivity contribution in [2.75, 3.05) is 18.4 Å². The molecule has 2 N–H and O–H groups in total. The van der Waals surface area contributed by atoms with Gasteiger partial charge >= 0.3 is 0 Å². The number of pyridine rings is 2. The molecule has 0 amide bonds. The van der Waals surface area contributed by atoms with Gasteiger partial charge in [0.2, 0.25) is 5.88 Å². The van der Waals surface area contributed by atoms with Crippen LogP contribution in [0.4, 0.5) is 5.69 Å². The van der Waals surface area contributed by atoms with Gasteiger partial charge in [-0.25, -0.2) is 0 Å². The Hall–Kier alpha value is -3.42. The highest BCUT2D eigenvalue weighted by atomic mass is 16.3. The number of anilines is 1. The quantitative estimate of drug-likeness (QED) is 0.0425. The Morgan fingerprint density at radius 1 is 0.537 bits per heavy atom. The lowest BCUT2D eigenvalue weighted by Crippen LogP contribution is -2.37. The normalized spacial score (nSPS) is 12.3. The van der Waals surface area contributed by atoms with Gasteiger partial charge < -0.3 is 10.4 Å². The van der Waals surface area contributed by atoms with Crippen LogP contribution in [0.15, 0.2) is 31.5 Å². The van der Waals surface area contributed by atoms with E-state index in [1.165, 1.54) is 86.2 Å². The molecule has 0 fully saturated rings. The fourth-order valence-corrected chi connectivity index (χ4v) is 8.15. The van der Waals surface area contributed by atoms with E-state index in [0.717, 1.165) is 77.0 Å². The van der Waals surface area contributed by atoms with Crippen LogP contribution in [0.3, 0.4) is 0 Å². The van der Waals surface area contributed by atoms with Crippen molar-refractivity contribution in [2.45, 2.75) is 195 Å². The molecule has 2 heterocycles. The predicted molar refractivity (Wildman–Crippen MR) is 229 cm³/mol. The molecular formula is C46H72N4O4. The lowest BCUT2D eigenvalue weighted by Gasteiger charge is -2.22. The van der Waals surface area contributed by atoms with Gasteiger partial charge in [0.1, 0.15) is 0 Å². The van der Waals surface area contributed by atoms with Crippen molar-refractivity contribution in [3.8, 4) is 17.0 Å². The molecule has 0 saturated carbocycles. The molecule has 8 heteroatoms. The Kier molecular flexibility index (Phi) is 18.8. The van der Waals surface area contributed by atoms with Crippen molar-refractivity contribution in [3.63, 3.8) is 0 Å². The van der Waals surface area contributed by atoms with E-state index in [1.54, 1.807) is 6.07 Å². The summed E-state index contributed by atoms with van der Waals surface area (Å²) in [5.41, 5.74) is 0.576. The zero-order valence-electron chi connectivity index (χ0n) is 34.5. The molecule has 300 valence electrons. The fraction of sp³-hybridized carbons (Fsp3) is 0.696. The average Bonchev–Trinajstić information content (AvgIpc) is 3.17. The highest BCUT2D eigenvalue weighted by Crippen LogP contribution is 2.41. The van der Waals surface area contributed by atoms with Gasteiger partial charge in [-0.2, -0.15) is 0 Å². The molecule has 54 heavy (non-hydrogen) atoms. The first-order valence-corrected chi connectivity index (χ1v) is 22.2. The van der Waals surface area contributed by atoms with E-state index in [9.17, 15) is 19.5 Å². The molecule has 1 aliphatic carbocycles. The summed E-state index contributed by atoms with van der Waals surface area (Å²) in [5.74, 6) is -0.0938. The average molecular weight is 745 g/mol. The summed E-state index contributed by atoms with van der Waals surface area (Å²) in [6.07, 6.45) is 26.4. The van der Waals surface area contributed by atoms with E-state index < -0.39 is 0 Å². The van der Waals surface area contributed by atoms with Crippen molar-refractivity contribution in [1.82, 2.24) is 9.13 Å². The fourth-order valence-electron chi connectivity index (χ4n) is 8.15. The number of hydrogen-bond donors (Lipinski definition) is 2. The summed E-state index contributed by atoms with van der Waals surface area (Å²) in [6.45, 7) is 10.8. The number of aromatic nitrogens is 2. The third-order valence-corrected chi connectivity index (χ3v) is 11.4. The lowest BCUT2D eigenvalue weighted by molar-refractivity contribution is 0.406. The molecule has 1 aliphatic heterocycles. The number of aromatic hydroxyl groups is 1. The van der Waals surface area contributed by atoms with E-state index in [-0.39, 0.29) is 22.6 Å². The van der Waals surface area contributed by atoms with Crippen molar-refractivity contribution >= 4 is 27.2 Å². The smallest absolute Gasteiger partial charge is 0.263 e. The molecule has 4 rings (SSSR count). The van der Waals surface area contributed by atoms with Crippen LogP contribution in [0.25, 0.3) is 32.7 Å². The maximum atomic E-state index is 14.5. The number of hydrogen-bond acceptors (Lipinski definition) is 6. The van der Waals surface area contributed by atoms with Gasteiger partial charge in [0.05, 0.1) is 21.7 Å². The van der Waals surface area contributed by atoms with Gasteiger partial charge in [-0.15, -0.1) is 0 Å². The first-order chi connectivity index (χ1) is 26.4. The van der Waals surface area contributed by atoms with Gasteiger partial charge in [0.15, 0.2) is 0 Å². The molecule has 8 nitrogen and oxygen atoms in total. The first-order valence-electron chi connectivity index (χ1n) is 22.2. The van der Waals surface area contributed by atoms with Gasteiger partial charge in [-0.05, 0) is 37.8 Å². The van der Waals surface area contributed by atoms with E-state index in [0.29, 0.717) is 69.9 Å². The molecule has 1 aromatic heterocycles. The summed E-state index contributed by atoms with van der Waals surface area (Å²) >= 11 is 0. The molecule has 2 aliphatic rings. The van der Waals surface area contributed by atoms with Crippen molar-refractivity contribution < 1.29 is 5.11 Å². The largest absolute Gasteiger partial charge is 0.494 e. The Morgan fingerprint density at radius 3 is 1.59 bits per heavy atom. The highest BCUT2D eigenvalue weighted by molar-refractivity contribution is 6.18. The van der Waals surface area contributed by atoms with Crippen LogP contribution in [0.1, 0.15) is 182 Å². The Labute approximate surface area is 324 Å². The maximum Gasteiger partial charge on any atom is 0.263 e. The molecule has 0 spiro atoms. The van der Waals surface area contributed by atoms with Gasteiger partial charge in [-0.3, -0.25) is 28.5 Å². The maximum absolute atomic E-state index is 14.5. The van der Waals surface area contributed by atoms with Crippen LogP contribution in [0, 0.1) is 0 Å². The molecule has 0 bridgehead atoms. The van der Waals surface area contributed by atoms with E-state index in [2.05, 4.69) is 33.0 Å².